The molecule has 1 amide bonds. The predicted octanol–water partition coefficient (Wildman–Crippen LogP) is 3.62. The van der Waals surface area contributed by atoms with Crippen LogP contribution in [0.2, 0.25) is 0 Å². The summed E-state index contributed by atoms with van der Waals surface area (Å²) in [6.07, 6.45) is 1.42. The second-order valence-electron chi connectivity index (χ2n) is 6.71. The second-order valence-corrected chi connectivity index (χ2v) is 6.71. The third-order valence-electron chi connectivity index (χ3n) is 4.90. The van der Waals surface area contributed by atoms with Gasteiger partial charge in [0.1, 0.15) is 11.8 Å². The molecule has 2 heterocycles. The smallest absolute Gasteiger partial charge is 0.274 e. The highest BCUT2D eigenvalue weighted by atomic mass is 16.5. The van der Waals surface area contributed by atoms with Crippen LogP contribution in [-0.2, 0) is 4.74 Å². The molecule has 2 aromatic carbocycles. The minimum absolute atomic E-state index is 0.0225. The van der Waals surface area contributed by atoms with Crippen molar-refractivity contribution in [3.63, 3.8) is 0 Å². The number of amides is 1. The second kappa shape index (κ2) is 6.84. The van der Waals surface area contributed by atoms with E-state index in [1.807, 2.05) is 73.3 Å². The van der Waals surface area contributed by atoms with Crippen molar-refractivity contribution < 1.29 is 9.53 Å². The number of aromatic nitrogens is 2. The molecule has 0 bridgehead atoms. The van der Waals surface area contributed by atoms with Gasteiger partial charge < -0.3 is 9.64 Å². The summed E-state index contributed by atoms with van der Waals surface area (Å²) < 4.78 is 6.05. The molecule has 26 heavy (non-hydrogen) atoms. The quantitative estimate of drug-likeness (QED) is 0.710. The van der Waals surface area contributed by atoms with Gasteiger partial charge in [-0.15, -0.1) is 0 Å². The van der Waals surface area contributed by atoms with Gasteiger partial charge in [-0.25, -0.2) is 4.98 Å². The third kappa shape index (κ3) is 2.95. The molecule has 1 aliphatic heterocycles. The van der Waals surface area contributed by atoms with Gasteiger partial charge in [0.25, 0.3) is 5.91 Å². The third-order valence-corrected chi connectivity index (χ3v) is 4.90. The maximum atomic E-state index is 13.2. The van der Waals surface area contributed by atoms with Crippen molar-refractivity contribution in [3.8, 4) is 0 Å². The first-order valence-corrected chi connectivity index (χ1v) is 8.86. The monoisotopic (exact) mass is 347 g/mol. The summed E-state index contributed by atoms with van der Waals surface area (Å²) in [7, 11) is 0. The average Bonchev–Trinajstić information content (AvgIpc) is 2.68. The van der Waals surface area contributed by atoms with Crippen molar-refractivity contribution in [2.75, 3.05) is 6.61 Å². The molecule has 3 aromatic rings. The molecule has 0 aliphatic carbocycles. The first kappa shape index (κ1) is 16.7. The molecule has 5 nitrogen and oxygen atoms in total. The summed E-state index contributed by atoms with van der Waals surface area (Å²) in [5, 5.41) is 0. The van der Waals surface area contributed by atoms with Crippen LogP contribution < -0.4 is 0 Å². The SMILES string of the molecule is C[C@@H]1CO[C@@H](c2ccccc2)[C@H](C)N1C(=O)c1cnc2ccccc2n1. The summed E-state index contributed by atoms with van der Waals surface area (Å²) in [4.78, 5) is 24.0. The number of carbonyl (C=O) groups is 1. The summed E-state index contributed by atoms with van der Waals surface area (Å²) in [5.74, 6) is -0.104. The normalized spacial score (nSPS) is 23.2. The van der Waals surface area contributed by atoms with Crippen LogP contribution in [0.3, 0.4) is 0 Å². The Morgan fingerprint density at radius 1 is 1.04 bits per heavy atom. The minimum atomic E-state index is -0.148. The molecule has 3 atom stereocenters. The van der Waals surface area contributed by atoms with E-state index in [0.29, 0.717) is 12.3 Å². The van der Waals surface area contributed by atoms with Gasteiger partial charge in [0.2, 0.25) is 0 Å². The molecule has 5 heteroatoms. The molecule has 4 rings (SSSR count). The predicted molar refractivity (Wildman–Crippen MR) is 99.8 cm³/mol. The van der Waals surface area contributed by atoms with Gasteiger partial charge in [0, 0.05) is 0 Å². The first-order chi connectivity index (χ1) is 12.6. The van der Waals surface area contributed by atoms with Crippen molar-refractivity contribution in [2.24, 2.45) is 0 Å². The van der Waals surface area contributed by atoms with Crippen LogP contribution in [0.25, 0.3) is 11.0 Å². The number of hydrogen-bond acceptors (Lipinski definition) is 4. The van der Waals surface area contributed by atoms with Crippen LogP contribution in [0.1, 0.15) is 36.0 Å². The number of carbonyl (C=O) groups excluding carboxylic acids is 1. The van der Waals surface area contributed by atoms with Crippen LogP contribution in [0.15, 0.2) is 60.8 Å². The van der Waals surface area contributed by atoms with E-state index >= 15 is 0 Å². The molecule has 0 radical (unpaired) electrons. The van der Waals surface area contributed by atoms with Gasteiger partial charge in [-0.2, -0.15) is 0 Å². The number of nitrogens with zero attached hydrogens (tertiary/aromatic N) is 3. The molecule has 0 N–H and O–H groups in total. The van der Waals surface area contributed by atoms with Crippen LogP contribution >= 0.6 is 0 Å². The van der Waals surface area contributed by atoms with Gasteiger partial charge in [-0.3, -0.25) is 9.78 Å². The highest BCUT2D eigenvalue weighted by molar-refractivity contribution is 5.94. The fraction of sp³-hybridized carbons (Fsp3) is 0.286. The van der Waals surface area contributed by atoms with Gasteiger partial charge in [-0.1, -0.05) is 42.5 Å². The van der Waals surface area contributed by atoms with Gasteiger partial charge in [0.05, 0.1) is 35.9 Å². The number of rotatable bonds is 2. The lowest BCUT2D eigenvalue weighted by atomic mass is 9.98. The van der Waals surface area contributed by atoms with Crippen LogP contribution in [0, 0.1) is 0 Å². The average molecular weight is 347 g/mol. The van der Waals surface area contributed by atoms with E-state index in [2.05, 4.69) is 9.97 Å². The molecular weight excluding hydrogens is 326 g/mol. The fourth-order valence-electron chi connectivity index (χ4n) is 3.60. The topological polar surface area (TPSA) is 55.3 Å². The summed E-state index contributed by atoms with van der Waals surface area (Å²) in [6, 6.07) is 17.5. The molecule has 0 spiro atoms. The molecular formula is C21H21N3O2. The standard InChI is InChI=1S/C21H21N3O2/c1-14-13-26-20(16-8-4-3-5-9-16)15(2)24(14)21(25)19-12-22-17-10-6-7-11-18(17)23-19/h3-12,14-15,20H,13H2,1-2H3/t14-,15+,20-/m1/s1. The summed E-state index contributed by atoms with van der Waals surface area (Å²) >= 11 is 0. The van der Waals surface area contributed by atoms with Crippen LogP contribution in [0.5, 0.6) is 0 Å². The van der Waals surface area contributed by atoms with E-state index in [9.17, 15) is 4.79 Å². The van der Waals surface area contributed by atoms with Crippen molar-refractivity contribution in [2.45, 2.75) is 32.0 Å². The Morgan fingerprint density at radius 2 is 1.73 bits per heavy atom. The fourth-order valence-corrected chi connectivity index (χ4v) is 3.60. The lowest BCUT2D eigenvalue weighted by molar-refractivity contribution is -0.0807. The molecule has 0 unspecified atom stereocenters. The van der Waals surface area contributed by atoms with Crippen molar-refractivity contribution in [1.82, 2.24) is 14.9 Å². The van der Waals surface area contributed by atoms with Crippen LogP contribution in [0.4, 0.5) is 0 Å². The Labute approximate surface area is 152 Å². The van der Waals surface area contributed by atoms with Crippen molar-refractivity contribution in [3.05, 3.63) is 72.1 Å². The van der Waals surface area contributed by atoms with E-state index < -0.39 is 0 Å². The minimum Gasteiger partial charge on any atom is -0.369 e. The molecule has 0 saturated carbocycles. The Morgan fingerprint density at radius 3 is 2.50 bits per heavy atom. The molecule has 1 saturated heterocycles. The Kier molecular flexibility index (Phi) is 4.39. The lowest BCUT2D eigenvalue weighted by Gasteiger charge is -2.43. The number of hydrogen-bond donors (Lipinski definition) is 0. The van der Waals surface area contributed by atoms with E-state index in [1.54, 1.807) is 6.20 Å². The van der Waals surface area contributed by atoms with Gasteiger partial charge >= 0.3 is 0 Å². The molecule has 1 aliphatic rings. The number of morpholine rings is 1. The number of para-hydroxylation sites is 2. The van der Waals surface area contributed by atoms with Gasteiger partial charge in [0.15, 0.2) is 0 Å². The molecule has 132 valence electrons. The lowest BCUT2D eigenvalue weighted by Crippen LogP contribution is -2.53. The van der Waals surface area contributed by atoms with Gasteiger partial charge in [-0.05, 0) is 31.5 Å². The number of ether oxygens (including phenoxy) is 1. The van der Waals surface area contributed by atoms with E-state index in [0.717, 1.165) is 16.6 Å². The van der Waals surface area contributed by atoms with E-state index in [4.69, 9.17) is 4.74 Å². The van der Waals surface area contributed by atoms with E-state index in [-0.39, 0.29) is 24.1 Å². The van der Waals surface area contributed by atoms with Crippen molar-refractivity contribution >= 4 is 16.9 Å². The van der Waals surface area contributed by atoms with E-state index in [1.165, 1.54) is 0 Å². The number of benzene rings is 2. The maximum Gasteiger partial charge on any atom is 0.274 e. The Bertz CT molecular complexity index is 929. The Balaban J connectivity index is 1.66. The first-order valence-electron chi connectivity index (χ1n) is 8.86. The maximum absolute atomic E-state index is 13.2. The van der Waals surface area contributed by atoms with Crippen LogP contribution in [-0.4, -0.2) is 39.5 Å². The molecule has 1 aromatic heterocycles. The largest absolute Gasteiger partial charge is 0.369 e. The zero-order valence-electron chi connectivity index (χ0n) is 14.9. The molecule has 1 fully saturated rings. The number of fused-ring (bicyclic) bond motifs is 1. The zero-order chi connectivity index (χ0) is 18.1. The zero-order valence-corrected chi connectivity index (χ0v) is 14.9. The summed E-state index contributed by atoms with van der Waals surface area (Å²) in [6.45, 7) is 4.53. The van der Waals surface area contributed by atoms with Crippen molar-refractivity contribution in [1.29, 1.82) is 0 Å². The summed E-state index contributed by atoms with van der Waals surface area (Å²) in [5.41, 5.74) is 2.96. The highest BCUT2D eigenvalue weighted by Gasteiger charge is 2.38. The Hall–Kier alpha value is -2.79. The highest BCUT2D eigenvalue weighted by Crippen LogP contribution is 2.31.